The monoisotopic (exact) mass is 454 g/mol. The highest BCUT2D eigenvalue weighted by atomic mass is 35.5. The summed E-state index contributed by atoms with van der Waals surface area (Å²) in [4.78, 5) is 22.2. The number of piperazine rings is 1. The van der Waals surface area contributed by atoms with Crippen LogP contribution in [0.3, 0.4) is 0 Å². The first kappa shape index (κ1) is 19.9. The van der Waals surface area contributed by atoms with E-state index in [1.165, 1.54) is 11.3 Å². The van der Waals surface area contributed by atoms with Crippen LogP contribution in [0.5, 0.6) is 0 Å². The summed E-state index contributed by atoms with van der Waals surface area (Å²) in [5, 5.41) is 4.77. The van der Waals surface area contributed by atoms with Gasteiger partial charge in [-0.2, -0.15) is 0 Å². The predicted octanol–water partition coefficient (Wildman–Crippen LogP) is 4.53. The highest BCUT2D eigenvalue weighted by molar-refractivity contribution is 7.22. The van der Waals surface area contributed by atoms with Crippen LogP contribution in [0, 0.1) is 6.92 Å². The van der Waals surface area contributed by atoms with Gasteiger partial charge in [0.05, 0.1) is 24.5 Å². The fourth-order valence-electron chi connectivity index (χ4n) is 3.24. The Hall–Kier alpha value is -1.38. The molecular formula is C19H20Cl2N4OS2. The third-order valence-corrected chi connectivity index (χ3v) is 7.65. The zero-order chi connectivity index (χ0) is 19.7. The molecule has 4 rings (SSSR count). The molecule has 2 aromatic heterocycles. The van der Waals surface area contributed by atoms with Gasteiger partial charge in [0.25, 0.3) is 5.91 Å². The van der Waals surface area contributed by atoms with E-state index in [-0.39, 0.29) is 5.91 Å². The van der Waals surface area contributed by atoms with Crippen molar-refractivity contribution in [1.29, 1.82) is 0 Å². The number of thiophene rings is 1. The minimum atomic E-state index is -0.0581. The SMILES string of the molecule is Cc1ccc(Cl)c2sc(N3CCN(CCNC(=O)c4ccc(Cl)s4)CC3)nc12. The second-order valence-corrected chi connectivity index (χ2v) is 9.83. The molecule has 1 aromatic carbocycles. The van der Waals surface area contributed by atoms with E-state index in [0.29, 0.717) is 15.8 Å². The van der Waals surface area contributed by atoms with Crippen LogP contribution in [0.25, 0.3) is 10.2 Å². The van der Waals surface area contributed by atoms with E-state index in [9.17, 15) is 4.79 Å². The lowest BCUT2D eigenvalue weighted by Crippen LogP contribution is -2.48. The Morgan fingerprint density at radius 1 is 1.14 bits per heavy atom. The van der Waals surface area contributed by atoms with Crippen molar-refractivity contribution in [1.82, 2.24) is 15.2 Å². The molecule has 9 heteroatoms. The topological polar surface area (TPSA) is 48.5 Å². The largest absolute Gasteiger partial charge is 0.350 e. The number of nitrogens with zero attached hydrogens (tertiary/aromatic N) is 3. The molecule has 1 fully saturated rings. The van der Waals surface area contributed by atoms with Gasteiger partial charge in [-0.15, -0.1) is 11.3 Å². The van der Waals surface area contributed by atoms with Gasteiger partial charge in [0.15, 0.2) is 5.13 Å². The summed E-state index contributed by atoms with van der Waals surface area (Å²) in [6.45, 7) is 7.27. The molecule has 0 unspecified atom stereocenters. The van der Waals surface area contributed by atoms with E-state index in [1.54, 1.807) is 23.5 Å². The molecule has 1 N–H and O–H groups in total. The van der Waals surface area contributed by atoms with Gasteiger partial charge in [0.1, 0.15) is 0 Å². The van der Waals surface area contributed by atoms with Crippen LogP contribution in [0.4, 0.5) is 5.13 Å². The molecule has 0 bridgehead atoms. The second-order valence-electron chi connectivity index (χ2n) is 6.73. The van der Waals surface area contributed by atoms with Crippen molar-refractivity contribution in [2.24, 2.45) is 0 Å². The van der Waals surface area contributed by atoms with Crippen molar-refractivity contribution in [3.63, 3.8) is 0 Å². The first-order valence-electron chi connectivity index (χ1n) is 9.08. The number of halogens is 2. The number of fused-ring (bicyclic) bond motifs is 1. The van der Waals surface area contributed by atoms with E-state index >= 15 is 0 Å². The number of amides is 1. The number of thiazole rings is 1. The number of rotatable bonds is 5. The number of carbonyl (C=O) groups is 1. The minimum Gasteiger partial charge on any atom is -0.350 e. The third kappa shape index (κ3) is 4.28. The molecule has 0 saturated carbocycles. The van der Waals surface area contributed by atoms with Crippen molar-refractivity contribution in [3.8, 4) is 0 Å². The summed E-state index contributed by atoms with van der Waals surface area (Å²) in [6, 6.07) is 7.46. The van der Waals surface area contributed by atoms with Gasteiger partial charge < -0.3 is 10.2 Å². The number of hydrogen-bond donors (Lipinski definition) is 1. The zero-order valence-electron chi connectivity index (χ0n) is 15.4. The van der Waals surface area contributed by atoms with Gasteiger partial charge in [-0.3, -0.25) is 9.69 Å². The maximum absolute atomic E-state index is 12.1. The number of aromatic nitrogens is 1. The zero-order valence-corrected chi connectivity index (χ0v) is 18.5. The Kier molecular flexibility index (Phi) is 6.08. The molecule has 0 radical (unpaired) electrons. The molecule has 28 heavy (non-hydrogen) atoms. The fraction of sp³-hybridized carbons (Fsp3) is 0.368. The Morgan fingerprint density at radius 2 is 1.93 bits per heavy atom. The Morgan fingerprint density at radius 3 is 2.61 bits per heavy atom. The maximum atomic E-state index is 12.1. The van der Waals surface area contributed by atoms with E-state index in [0.717, 1.165) is 58.7 Å². The van der Waals surface area contributed by atoms with Crippen molar-refractivity contribution in [3.05, 3.63) is 44.1 Å². The highest BCUT2D eigenvalue weighted by Crippen LogP contribution is 2.35. The standard InChI is InChI=1S/C19H20Cl2N4OS2/c1-12-2-3-13(20)17-16(12)23-19(28-17)25-10-8-24(9-11-25)7-6-22-18(26)14-4-5-15(21)27-14/h2-5H,6-11H2,1H3,(H,22,26). The van der Waals surface area contributed by atoms with E-state index in [2.05, 4.69) is 22.0 Å². The summed E-state index contributed by atoms with van der Waals surface area (Å²) in [7, 11) is 0. The van der Waals surface area contributed by atoms with Crippen LogP contribution in [-0.4, -0.2) is 55.1 Å². The van der Waals surface area contributed by atoms with E-state index in [4.69, 9.17) is 28.2 Å². The minimum absolute atomic E-state index is 0.0581. The first-order valence-corrected chi connectivity index (χ1v) is 11.5. The van der Waals surface area contributed by atoms with Gasteiger partial charge >= 0.3 is 0 Å². The summed E-state index contributed by atoms with van der Waals surface area (Å²) in [5.41, 5.74) is 2.16. The molecule has 3 aromatic rings. The van der Waals surface area contributed by atoms with Crippen LogP contribution in [-0.2, 0) is 0 Å². The lowest BCUT2D eigenvalue weighted by Gasteiger charge is -2.34. The average Bonchev–Trinajstić information content (AvgIpc) is 3.33. The van der Waals surface area contributed by atoms with Crippen LogP contribution in [0.15, 0.2) is 24.3 Å². The van der Waals surface area contributed by atoms with Gasteiger partial charge in [0, 0.05) is 39.3 Å². The number of carbonyl (C=O) groups excluding carboxylic acids is 1. The number of anilines is 1. The van der Waals surface area contributed by atoms with Crippen molar-refractivity contribution < 1.29 is 4.79 Å². The number of hydrogen-bond acceptors (Lipinski definition) is 6. The lowest BCUT2D eigenvalue weighted by atomic mass is 10.2. The predicted molar refractivity (Wildman–Crippen MR) is 120 cm³/mol. The molecular weight excluding hydrogens is 435 g/mol. The van der Waals surface area contributed by atoms with Crippen LogP contribution in [0.2, 0.25) is 9.36 Å². The first-order chi connectivity index (χ1) is 13.5. The molecule has 0 spiro atoms. The molecule has 1 amide bonds. The molecule has 1 aliphatic heterocycles. The maximum Gasteiger partial charge on any atom is 0.261 e. The average molecular weight is 455 g/mol. The third-order valence-electron chi connectivity index (χ3n) is 4.84. The van der Waals surface area contributed by atoms with Crippen LogP contribution >= 0.6 is 45.9 Å². The number of benzene rings is 1. The second kappa shape index (κ2) is 8.55. The van der Waals surface area contributed by atoms with E-state index < -0.39 is 0 Å². The molecule has 148 valence electrons. The van der Waals surface area contributed by atoms with Gasteiger partial charge in [-0.25, -0.2) is 4.98 Å². The van der Waals surface area contributed by atoms with Crippen molar-refractivity contribution in [2.45, 2.75) is 6.92 Å². The van der Waals surface area contributed by atoms with E-state index in [1.807, 2.05) is 12.1 Å². The smallest absolute Gasteiger partial charge is 0.261 e. The highest BCUT2D eigenvalue weighted by Gasteiger charge is 2.21. The molecule has 1 aliphatic rings. The van der Waals surface area contributed by atoms with Gasteiger partial charge in [0.2, 0.25) is 0 Å². The van der Waals surface area contributed by atoms with Crippen molar-refractivity contribution in [2.75, 3.05) is 44.2 Å². The van der Waals surface area contributed by atoms with Crippen LogP contribution < -0.4 is 10.2 Å². The van der Waals surface area contributed by atoms with Gasteiger partial charge in [-0.05, 0) is 30.7 Å². The molecule has 3 heterocycles. The summed E-state index contributed by atoms with van der Waals surface area (Å²) >= 11 is 15.2. The molecule has 0 aliphatic carbocycles. The van der Waals surface area contributed by atoms with Gasteiger partial charge in [-0.1, -0.05) is 40.6 Å². The van der Waals surface area contributed by atoms with Crippen LogP contribution in [0.1, 0.15) is 15.2 Å². The van der Waals surface area contributed by atoms with Crippen molar-refractivity contribution >= 4 is 67.1 Å². The molecule has 0 atom stereocenters. The Balaban J connectivity index is 1.28. The normalized spacial score (nSPS) is 15.3. The Labute approximate surface area is 181 Å². The number of aryl methyl sites for hydroxylation is 1. The summed E-state index contributed by atoms with van der Waals surface area (Å²) in [6.07, 6.45) is 0. The lowest BCUT2D eigenvalue weighted by molar-refractivity contribution is 0.0952. The fourth-order valence-corrected chi connectivity index (χ4v) is 5.57. The quantitative estimate of drug-likeness (QED) is 0.615. The molecule has 5 nitrogen and oxygen atoms in total. The Bertz CT molecular complexity index is 956. The summed E-state index contributed by atoms with van der Waals surface area (Å²) in [5.74, 6) is -0.0581. The number of nitrogens with one attached hydrogen (secondary N) is 1. The molecule has 1 saturated heterocycles. The summed E-state index contributed by atoms with van der Waals surface area (Å²) < 4.78 is 1.70.